The number of carbonyl (C=O) groups is 1. The summed E-state index contributed by atoms with van der Waals surface area (Å²) < 4.78 is 3.60. The molecule has 1 aromatic carbocycles. The Bertz CT molecular complexity index is 538. The normalized spacial score (nSPS) is 13.3. The Hall–Kier alpha value is -2.32. The molecule has 0 unspecified atom stereocenters. The molecule has 0 bridgehead atoms. The molecule has 0 heterocycles. The number of fused-ring (bicyclic) bond motifs is 1. The molecule has 0 spiro atoms. The highest BCUT2D eigenvalue weighted by molar-refractivity contribution is 6.52. The smallest absolute Gasteiger partial charge is 0.280 e. The van der Waals surface area contributed by atoms with Gasteiger partial charge in [0.15, 0.2) is 0 Å². The van der Waals surface area contributed by atoms with Gasteiger partial charge in [-0.1, -0.05) is 10.7 Å². The molecule has 0 atom stereocenters. The molecular weight excluding hydrogens is 192 g/mol. The SMILES string of the molecule is C=[N+]=C1C=Cc2c(N=O)cccc2C1=O. The van der Waals surface area contributed by atoms with Crippen LogP contribution >= 0.6 is 0 Å². The minimum Gasteiger partial charge on any atom is -0.280 e. The fourth-order valence-corrected chi connectivity index (χ4v) is 1.51. The van der Waals surface area contributed by atoms with E-state index in [1.807, 2.05) is 0 Å². The van der Waals surface area contributed by atoms with Gasteiger partial charge in [0.25, 0.3) is 12.5 Å². The summed E-state index contributed by atoms with van der Waals surface area (Å²) in [6, 6.07) is 4.82. The number of allylic oxidation sites excluding steroid dienone is 1. The lowest BCUT2D eigenvalue weighted by Crippen LogP contribution is -2.18. The molecule has 4 heteroatoms. The maximum Gasteiger partial charge on any atom is 0.373 e. The third kappa shape index (κ3) is 1.33. The largest absolute Gasteiger partial charge is 0.373 e. The van der Waals surface area contributed by atoms with Crippen molar-refractivity contribution >= 4 is 30.0 Å². The fourth-order valence-electron chi connectivity index (χ4n) is 1.51. The Morgan fingerprint density at radius 3 is 2.73 bits per heavy atom. The van der Waals surface area contributed by atoms with Crippen LogP contribution in [0.25, 0.3) is 6.08 Å². The summed E-state index contributed by atoms with van der Waals surface area (Å²) >= 11 is 0. The highest BCUT2D eigenvalue weighted by Gasteiger charge is 2.27. The van der Waals surface area contributed by atoms with Crippen molar-refractivity contribution in [3.05, 3.63) is 40.3 Å². The molecule has 4 nitrogen and oxygen atoms in total. The lowest BCUT2D eigenvalue weighted by Gasteiger charge is -2.06. The van der Waals surface area contributed by atoms with Crippen LogP contribution in [-0.4, -0.2) is 18.2 Å². The molecule has 0 radical (unpaired) electrons. The summed E-state index contributed by atoms with van der Waals surface area (Å²) in [5.74, 6) is -0.229. The van der Waals surface area contributed by atoms with E-state index in [4.69, 9.17) is 0 Å². The van der Waals surface area contributed by atoms with Gasteiger partial charge < -0.3 is 0 Å². The Balaban J connectivity index is 2.73. The first kappa shape index (κ1) is 9.24. The van der Waals surface area contributed by atoms with Crippen LogP contribution < -0.4 is 4.67 Å². The molecule has 0 aromatic heterocycles. The Kier molecular flexibility index (Phi) is 2.12. The van der Waals surface area contributed by atoms with Crippen LogP contribution in [0, 0.1) is 4.91 Å². The van der Waals surface area contributed by atoms with Crippen LogP contribution in [0.1, 0.15) is 15.9 Å². The van der Waals surface area contributed by atoms with Gasteiger partial charge >= 0.3 is 5.71 Å². The number of ketones is 1. The van der Waals surface area contributed by atoms with Crippen LogP contribution in [-0.2, 0) is 0 Å². The van der Waals surface area contributed by atoms with Crippen molar-refractivity contribution in [3.8, 4) is 0 Å². The topological polar surface area (TPSA) is 60.6 Å². The van der Waals surface area contributed by atoms with Crippen molar-refractivity contribution in [1.29, 1.82) is 0 Å². The third-order valence-corrected chi connectivity index (χ3v) is 2.24. The van der Waals surface area contributed by atoms with Crippen LogP contribution in [0.3, 0.4) is 0 Å². The minimum atomic E-state index is -0.229. The zero-order valence-electron chi connectivity index (χ0n) is 7.80. The molecule has 0 N–H and O–H groups in total. The van der Waals surface area contributed by atoms with E-state index in [-0.39, 0.29) is 17.2 Å². The maximum absolute atomic E-state index is 11.8. The molecule has 0 saturated carbocycles. The van der Waals surface area contributed by atoms with E-state index in [2.05, 4.69) is 16.6 Å². The highest BCUT2D eigenvalue weighted by Crippen LogP contribution is 2.27. The van der Waals surface area contributed by atoms with E-state index < -0.39 is 0 Å². The van der Waals surface area contributed by atoms with Crippen molar-refractivity contribution < 1.29 is 4.79 Å². The second-order valence-electron chi connectivity index (χ2n) is 3.04. The van der Waals surface area contributed by atoms with Gasteiger partial charge in [0, 0.05) is 17.2 Å². The number of hydrogen-bond donors (Lipinski definition) is 0. The standard InChI is InChI=1S/C11H7N2O2/c1-12-10-6-5-7-8(11(10)14)3-2-4-9(7)13-15/h2-6H,1H2/q+1. The van der Waals surface area contributed by atoms with Crippen LogP contribution in [0.15, 0.2) is 29.5 Å². The Morgan fingerprint density at radius 2 is 2.07 bits per heavy atom. The number of hydrogen-bond acceptors (Lipinski definition) is 3. The van der Waals surface area contributed by atoms with Gasteiger partial charge in [-0.25, -0.2) is 0 Å². The van der Waals surface area contributed by atoms with Crippen molar-refractivity contribution in [2.45, 2.75) is 0 Å². The third-order valence-electron chi connectivity index (χ3n) is 2.24. The first-order valence-electron chi connectivity index (χ1n) is 4.30. The van der Waals surface area contributed by atoms with Gasteiger partial charge in [0.1, 0.15) is 5.69 Å². The van der Waals surface area contributed by atoms with Crippen molar-refractivity contribution in [2.75, 3.05) is 0 Å². The molecule has 15 heavy (non-hydrogen) atoms. The van der Waals surface area contributed by atoms with Crippen LogP contribution in [0.4, 0.5) is 5.69 Å². The second kappa shape index (κ2) is 3.44. The van der Waals surface area contributed by atoms with E-state index in [1.165, 1.54) is 6.08 Å². The van der Waals surface area contributed by atoms with Gasteiger partial charge in [0.05, 0.1) is 0 Å². The summed E-state index contributed by atoms with van der Waals surface area (Å²) in [5.41, 5.74) is 1.53. The zero-order chi connectivity index (χ0) is 10.8. The van der Waals surface area contributed by atoms with E-state index in [1.54, 1.807) is 24.3 Å². The number of carbonyl (C=O) groups excluding carboxylic acids is 1. The molecule has 2 rings (SSSR count). The molecule has 0 saturated heterocycles. The summed E-state index contributed by atoms with van der Waals surface area (Å²) in [4.78, 5) is 22.2. The number of nitroso groups, excluding NO2 is 1. The first-order valence-corrected chi connectivity index (χ1v) is 4.30. The van der Waals surface area contributed by atoms with Crippen LogP contribution in [0.2, 0.25) is 0 Å². The lowest BCUT2D eigenvalue weighted by atomic mass is 9.94. The van der Waals surface area contributed by atoms with Crippen molar-refractivity contribution in [1.82, 2.24) is 4.67 Å². The molecule has 1 aromatic rings. The number of nitrogens with zero attached hydrogens (tertiary/aromatic N) is 2. The Morgan fingerprint density at radius 1 is 1.27 bits per heavy atom. The summed E-state index contributed by atoms with van der Waals surface area (Å²) in [5, 5.41) is 2.86. The number of Topliss-reactive ketones (excluding diaryl/α,β-unsaturated/α-hetero) is 1. The highest BCUT2D eigenvalue weighted by atomic mass is 16.3. The van der Waals surface area contributed by atoms with Gasteiger partial charge in [-0.3, -0.25) is 4.79 Å². The summed E-state index contributed by atoms with van der Waals surface area (Å²) in [6.45, 7) is 3.31. The molecule has 72 valence electrons. The fraction of sp³-hybridized carbons (Fsp3) is 0. The van der Waals surface area contributed by atoms with Gasteiger partial charge in [-0.05, 0) is 23.4 Å². The summed E-state index contributed by atoms with van der Waals surface area (Å²) in [7, 11) is 0. The molecule has 0 aliphatic heterocycles. The average molecular weight is 199 g/mol. The maximum atomic E-state index is 11.8. The molecule has 1 aliphatic carbocycles. The predicted molar refractivity (Wildman–Crippen MR) is 59.5 cm³/mol. The molecule has 1 aliphatic rings. The van der Waals surface area contributed by atoms with Crippen LogP contribution in [0.5, 0.6) is 0 Å². The van der Waals surface area contributed by atoms with E-state index in [9.17, 15) is 9.70 Å². The van der Waals surface area contributed by atoms with Crippen molar-refractivity contribution in [3.63, 3.8) is 0 Å². The van der Waals surface area contributed by atoms with E-state index in [0.717, 1.165) is 0 Å². The minimum absolute atomic E-state index is 0.229. The summed E-state index contributed by atoms with van der Waals surface area (Å²) in [6.07, 6.45) is 3.18. The Labute approximate surface area is 85.7 Å². The van der Waals surface area contributed by atoms with Gasteiger partial charge in [0.2, 0.25) is 0 Å². The quantitative estimate of drug-likeness (QED) is 0.391. The number of benzene rings is 1. The van der Waals surface area contributed by atoms with Crippen molar-refractivity contribution in [2.24, 2.45) is 5.18 Å². The van der Waals surface area contributed by atoms with Gasteiger partial charge in [-0.15, -0.1) is 4.91 Å². The molecular formula is C11H7N2O2+. The first-order chi connectivity index (χ1) is 7.27. The predicted octanol–water partition coefficient (Wildman–Crippen LogP) is 1.50. The zero-order valence-corrected chi connectivity index (χ0v) is 7.80. The number of rotatable bonds is 1. The van der Waals surface area contributed by atoms with E-state index >= 15 is 0 Å². The second-order valence-corrected chi connectivity index (χ2v) is 3.04. The van der Waals surface area contributed by atoms with Gasteiger partial charge in [-0.2, -0.15) is 0 Å². The van der Waals surface area contributed by atoms with E-state index in [0.29, 0.717) is 11.1 Å². The molecule has 0 amide bonds. The lowest BCUT2D eigenvalue weighted by molar-refractivity contribution is 0.106. The molecule has 0 fully saturated rings. The average Bonchev–Trinajstić information content (AvgIpc) is 2.29. The monoisotopic (exact) mass is 199 g/mol.